The second kappa shape index (κ2) is 4.97. The smallest absolute Gasteiger partial charge is 0.165 e. The van der Waals surface area contributed by atoms with E-state index in [-0.39, 0.29) is 6.10 Å². The highest BCUT2D eigenvalue weighted by atomic mass is 16.6. The molecule has 0 aromatic rings. The molecule has 1 heterocycles. The van der Waals surface area contributed by atoms with Gasteiger partial charge in [0.15, 0.2) is 5.79 Å². The molecule has 78 valence electrons. The summed E-state index contributed by atoms with van der Waals surface area (Å²) in [5, 5.41) is 10.0. The summed E-state index contributed by atoms with van der Waals surface area (Å²) < 4.78 is 5.58. The van der Waals surface area contributed by atoms with Crippen molar-refractivity contribution in [2.75, 3.05) is 0 Å². The van der Waals surface area contributed by atoms with Gasteiger partial charge in [0.05, 0.1) is 6.10 Å². The van der Waals surface area contributed by atoms with Crippen LogP contribution in [-0.2, 0) is 4.74 Å². The van der Waals surface area contributed by atoms with Crippen molar-refractivity contribution in [1.82, 2.24) is 0 Å². The fraction of sp³-hybridized carbons (Fsp3) is 1.00. The minimum atomic E-state index is -0.799. The Labute approximate surface area is 81.3 Å². The highest BCUT2D eigenvalue weighted by Gasteiger charge is 2.32. The van der Waals surface area contributed by atoms with Crippen LogP contribution in [0.2, 0.25) is 0 Å². The molecule has 0 aromatic carbocycles. The van der Waals surface area contributed by atoms with Crippen molar-refractivity contribution in [3.8, 4) is 0 Å². The van der Waals surface area contributed by atoms with Crippen LogP contribution in [0.5, 0.6) is 0 Å². The molecule has 0 saturated carbocycles. The Hall–Kier alpha value is -0.0800. The van der Waals surface area contributed by atoms with Crippen molar-refractivity contribution >= 4 is 0 Å². The Morgan fingerprint density at radius 3 is 2.85 bits per heavy atom. The molecule has 1 unspecified atom stereocenters. The van der Waals surface area contributed by atoms with E-state index in [2.05, 4.69) is 6.92 Å². The minimum absolute atomic E-state index is 0.236. The maximum Gasteiger partial charge on any atom is 0.165 e. The number of ether oxygens (including phenoxy) is 1. The number of aliphatic hydroxyl groups is 1. The molecule has 1 aliphatic heterocycles. The molecule has 0 amide bonds. The van der Waals surface area contributed by atoms with Crippen LogP contribution in [0, 0.1) is 0 Å². The molecule has 0 aliphatic carbocycles. The summed E-state index contributed by atoms with van der Waals surface area (Å²) in [7, 11) is 0. The van der Waals surface area contributed by atoms with E-state index in [4.69, 9.17) is 4.74 Å². The first-order chi connectivity index (χ1) is 6.16. The van der Waals surface area contributed by atoms with Crippen LogP contribution in [0.3, 0.4) is 0 Å². The Balaban J connectivity index is 2.27. The lowest BCUT2D eigenvalue weighted by molar-refractivity contribution is -0.253. The highest BCUT2D eigenvalue weighted by molar-refractivity contribution is 4.74. The molecule has 2 atom stereocenters. The second-order valence-electron chi connectivity index (χ2n) is 4.22. The second-order valence-corrected chi connectivity index (χ2v) is 4.22. The van der Waals surface area contributed by atoms with Crippen LogP contribution in [0.4, 0.5) is 0 Å². The van der Waals surface area contributed by atoms with Gasteiger partial charge in [-0.25, -0.2) is 0 Å². The molecule has 0 aromatic heterocycles. The van der Waals surface area contributed by atoms with Crippen LogP contribution < -0.4 is 0 Å². The third-order valence-electron chi connectivity index (χ3n) is 2.77. The normalized spacial score (nSPS) is 34.8. The molecule has 1 N–H and O–H groups in total. The molecular formula is C11H22O2. The van der Waals surface area contributed by atoms with Crippen LogP contribution in [-0.4, -0.2) is 17.0 Å². The summed E-state index contributed by atoms with van der Waals surface area (Å²) in [5.74, 6) is -0.799. The summed E-state index contributed by atoms with van der Waals surface area (Å²) >= 11 is 0. The van der Waals surface area contributed by atoms with Crippen molar-refractivity contribution in [2.45, 2.75) is 70.7 Å². The fourth-order valence-corrected chi connectivity index (χ4v) is 1.99. The Morgan fingerprint density at radius 1 is 1.46 bits per heavy atom. The average Bonchev–Trinajstić information content (AvgIpc) is 2.04. The van der Waals surface area contributed by atoms with Gasteiger partial charge in [0.2, 0.25) is 0 Å². The third-order valence-corrected chi connectivity index (χ3v) is 2.77. The van der Waals surface area contributed by atoms with Gasteiger partial charge in [-0.2, -0.15) is 0 Å². The topological polar surface area (TPSA) is 29.5 Å². The van der Waals surface area contributed by atoms with E-state index in [1.54, 1.807) is 0 Å². The molecule has 0 spiro atoms. The fourth-order valence-electron chi connectivity index (χ4n) is 1.99. The average molecular weight is 186 g/mol. The largest absolute Gasteiger partial charge is 0.365 e. The Bertz CT molecular complexity index is 147. The number of hydrogen-bond donors (Lipinski definition) is 1. The third kappa shape index (κ3) is 3.65. The Morgan fingerprint density at radius 2 is 2.23 bits per heavy atom. The quantitative estimate of drug-likeness (QED) is 0.684. The summed E-state index contributed by atoms with van der Waals surface area (Å²) in [6, 6.07) is 0. The molecule has 1 saturated heterocycles. The van der Waals surface area contributed by atoms with Crippen molar-refractivity contribution in [3.05, 3.63) is 0 Å². The SMILES string of the molecule is CCCCCC1(O)CCC[C@@H](C)O1. The first kappa shape index (κ1) is 11.0. The zero-order valence-electron chi connectivity index (χ0n) is 8.88. The molecule has 13 heavy (non-hydrogen) atoms. The van der Waals surface area contributed by atoms with E-state index in [1.807, 2.05) is 6.92 Å². The van der Waals surface area contributed by atoms with Gasteiger partial charge in [0.1, 0.15) is 0 Å². The monoisotopic (exact) mass is 186 g/mol. The van der Waals surface area contributed by atoms with Crippen molar-refractivity contribution in [3.63, 3.8) is 0 Å². The van der Waals surface area contributed by atoms with Gasteiger partial charge in [0.25, 0.3) is 0 Å². The molecule has 0 bridgehead atoms. The maximum atomic E-state index is 10.0. The number of rotatable bonds is 4. The minimum Gasteiger partial charge on any atom is -0.365 e. The zero-order valence-corrected chi connectivity index (χ0v) is 8.88. The standard InChI is InChI=1S/C11H22O2/c1-3-4-5-8-11(12)9-6-7-10(2)13-11/h10,12H,3-9H2,1-2H3/t10-,11?/m1/s1. The van der Waals surface area contributed by atoms with Gasteiger partial charge in [-0.3, -0.25) is 0 Å². The number of hydrogen-bond acceptors (Lipinski definition) is 2. The van der Waals surface area contributed by atoms with Crippen LogP contribution >= 0.6 is 0 Å². The molecule has 0 radical (unpaired) electrons. The summed E-state index contributed by atoms with van der Waals surface area (Å²) in [4.78, 5) is 0. The Kier molecular flexibility index (Phi) is 4.20. The van der Waals surface area contributed by atoms with Gasteiger partial charge in [0, 0.05) is 12.8 Å². The lowest BCUT2D eigenvalue weighted by Gasteiger charge is -2.36. The van der Waals surface area contributed by atoms with Gasteiger partial charge in [-0.05, 0) is 26.2 Å². The van der Waals surface area contributed by atoms with E-state index in [9.17, 15) is 5.11 Å². The zero-order chi connectivity index (χ0) is 9.73. The van der Waals surface area contributed by atoms with Gasteiger partial charge in [-0.15, -0.1) is 0 Å². The van der Waals surface area contributed by atoms with Crippen molar-refractivity contribution < 1.29 is 9.84 Å². The molecule has 1 fully saturated rings. The number of unbranched alkanes of at least 4 members (excludes halogenated alkanes) is 2. The summed E-state index contributed by atoms with van der Waals surface area (Å²) in [6.45, 7) is 4.22. The van der Waals surface area contributed by atoms with Gasteiger partial charge < -0.3 is 9.84 Å². The summed E-state index contributed by atoms with van der Waals surface area (Å²) in [5.41, 5.74) is 0. The van der Waals surface area contributed by atoms with E-state index in [0.717, 1.165) is 32.1 Å². The first-order valence-corrected chi connectivity index (χ1v) is 5.56. The molecular weight excluding hydrogens is 164 g/mol. The molecule has 1 rings (SSSR count). The van der Waals surface area contributed by atoms with Gasteiger partial charge in [-0.1, -0.05) is 19.8 Å². The summed E-state index contributed by atoms with van der Waals surface area (Å²) in [6.07, 6.45) is 7.54. The molecule has 2 heteroatoms. The van der Waals surface area contributed by atoms with Crippen molar-refractivity contribution in [2.24, 2.45) is 0 Å². The molecule has 2 nitrogen and oxygen atoms in total. The van der Waals surface area contributed by atoms with Crippen LogP contribution in [0.15, 0.2) is 0 Å². The van der Waals surface area contributed by atoms with Crippen LogP contribution in [0.25, 0.3) is 0 Å². The van der Waals surface area contributed by atoms with Gasteiger partial charge >= 0.3 is 0 Å². The van der Waals surface area contributed by atoms with Crippen molar-refractivity contribution in [1.29, 1.82) is 0 Å². The van der Waals surface area contributed by atoms with Crippen LogP contribution in [0.1, 0.15) is 58.8 Å². The van der Waals surface area contributed by atoms with E-state index in [1.165, 1.54) is 12.8 Å². The molecule has 1 aliphatic rings. The lowest BCUT2D eigenvalue weighted by atomic mass is 9.97. The van der Waals surface area contributed by atoms with E-state index in [0.29, 0.717) is 0 Å². The van der Waals surface area contributed by atoms with E-state index >= 15 is 0 Å². The van der Waals surface area contributed by atoms with E-state index < -0.39 is 5.79 Å². The maximum absolute atomic E-state index is 10.0. The highest BCUT2D eigenvalue weighted by Crippen LogP contribution is 2.30. The predicted octanol–water partition coefficient (Wildman–Crippen LogP) is 2.84. The lowest BCUT2D eigenvalue weighted by Crippen LogP contribution is -2.39. The first-order valence-electron chi connectivity index (χ1n) is 5.56. The predicted molar refractivity (Wildman–Crippen MR) is 53.5 cm³/mol.